The van der Waals surface area contributed by atoms with Gasteiger partial charge in [0.05, 0.1) is 5.52 Å². The van der Waals surface area contributed by atoms with Crippen molar-refractivity contribution in [2.24, 2.45) is 0 Å². The summed E-state index contributed by atoms with van der Waals surface area (Å²) in [4.78, 5) is 3.44. The van der Waals surface area contributed by atoms with Gasteiger partial charge in [0.15, 0.2) is 0 Å². The van der Waals surface area contributed by atoms with Crippen molar-refractivity contribution in [1.82, 2.24) is 10.3 Å². The van der Waals surface area contributed by atoms with Gasteiger partial charge in [-0.25, -0.2) is 0 Å². The van der Waals surface area contributed by atoms with Gasteiger partial charge in [-0.15, -0.1) is 0 Å². The normalized spacial score (nSPS) is 12.3. The number of H-pyrrole nitrogens is 1. The lowest BCUT2D eigenvalue weighted by Crippen LogP contribution is -2.35. The highest BCUT2D eigenvalue weighted by Gasteiger charge is 2.13. The third-order valence-electron chi connectivity index (χ3n) is 2.90. The molecule has 0 saturated carbocycles. The van der Waals surface area contributed by atoms with Crippen molar-refractivity contribution in [2.45, 2.75) is 39.8 Å². The number of fused-ring (bicyclic) bond motifs is 1. The molecule has 2 aromatic rings. The van der Waals surface area contributed by atoms with Crippen LogP contribution in [0.1, 0.15) is 32.0 Å². The first-order chi connectivity index (χ1) is 7.88. The van der Waals surface area contributed by atoms with Crippen LogP contribution in [0.2, 0.25) is 0 Å². The lowest BCUT2D eigenvalue weighted by Gasteiger charge is -2.20. The molecule has 0 spiro atoms. The molecule has 0 saturated heterocycles. The third-order valence-corrected chi connectivity index (χ3v) is 3.56. The van der Waals surface area contributed by atoms with E-state index >= 15 is 0 Å². The molecular weight excluding hydrogens is 276 g/mol. The number of aromatic amines is 1. The van der Waals surface area contributed by atoms with Crippen LogP contribution < -0.4 is 5.32 Å². The summed E-state index contributed by atoms with van der Waals surface area (Å²) in [7, 11) is 0. The first-order valence-electron chi connectivity index (χ1n) is 5.89. The summed E-state index contributed by atoms with van der Waals surface area (Å²) in [5.41, 5.74) is 3.93. The van der Waals surface area contributed by atoms with E-state index in [1.165, 1.54) is 22.2 Å². The van der Waals surface area contributed by atoms with Crippen LogP contribution in [0.15, 0.2) is 22.7 Å². The van der Waals surface area contributed by atoms with Crippen molar-refractivity contribution in [1.29, 1.82) is 0 Å². The maximum absolute atomic E-state index is 3.58. The van der Waals surface area contributed by atoms with E-state index < -0.39 is 0 Å². The molecule has 92 valence electrons. The summed E-state index contributed by atoms with van der Waals surface area (Å²) in [5.74, 6) is 0. The number of benzene rings is 1. The molecule has 0 amide bonds. The Morgan fingerprint density at radius 1 is 1.29 bits per heavy atom. The molecule has 0 unspecified atom stereocenters. The zero-order valence-electron chi connectivity index (χ0n) is 10.8. The first-order valence-corrected chi connectivity index (χ1v) is 6.68. The molecule has 17 heavy (non-hydrogen) atoms. The van der Waals surface area contributed by atoms with Gasteiger partial charge in [-0.2, -0.15) is 0 Å². The minimum Gasteiger partial charge on any atom is -0.357 e. The van der Waals surface area contributed by atoms with Gasteiger partial charge < -0.3 is 10.3 Å². The smallest absolute Gasteiger partial charge is 0.0603 e. The molecule has 0 radical (unpaired) electrons. The van der Waals surface area contributed by atoms with Crippen LogP contribution in [0, 0.1) is 6.92 Å². The van der Waals surface area contributed by atoms with E-state index in [9.17, 15) is 0 Å². The number of halogens is 1. The van der Waals surface area contributed by atoms with Crippen LogP contribution in [0.4, 0.5) is 0 Å². The molecular formula is C14H19BrN2. The zero-order valence-corrected chi connectivity index (χ0v) is 12.4. The Labute approximate surface area is 111 Å². The summed E-state index contributed by atoms with van der Waals surface area (Å²) in [5, 5.41) is 4.84. The average Bonchev–Trinajstić information content (AvgIpc) is 2.52. The molecule has 2 rings (SSSR count). The summed E-state index contributed by atoms with van der Waals surface area (Å²) in [6.45, 7) is 9.59. The summed E-state index contributed by atoms with van der Waals surface area (Å²) in [6, 6.07) is 6.32. The summed E-state index contributed by atoms with van der Waals surface area (Å²) < 4.78 is 1.13. The fourth-order valence-corrected chi connectivity index (χ4v) is 2.41. The molecule has 1 heterocycles. The second-order valence-corrected chi connectivity index (χ2v) is 6.35. The Kier molecular flexibility index (Phi) is 3.32. The lowest BCUT2D eigenvalue weighted by molar-refractivity contribution is 0.424. The van der Waals surface area contributed by atoms with Gasteiger partial charge in [0.2, 0.25) is 0 Å². The van der Waals surface area contributed by atoms with E-state index in [1.54, 1.807) is 0 Å². The second kappa shape index (κ2) is 4.46. The van der Waals surface area contributed by atoms with E-state index in [1.807, 2.05) is 0 Å². The van der Waals surface area contributed by atoms with Gasteiger partial charge in [0.25, 0.3) is 0 Å². The minimum absolute atomic E-state index is 0.141. The molecule has 1 aromatic carbocycles. The van der Waals surface area contributed by atoms with E-state index in [-0.39, 0.29) is 5.54 Å². The van der Waals surface area contributed by atoms with E-state index in [0.717, 1.165) is 11.0 Å². The van der Waals surface area contributed by atoms with Crippen molar-refractivity contribution < 1.29 is 0 Å². The highest BCUT2D eigenvalue weighted by Crippen LogP contribution is 2.28. The minimum atomic E-state index is 0.141. The fourth-order valence-electron chi connectivity index (χ4n) is 1.95. The Balaban J connectivity index is 2.40. The van der Waals surface area contributed by atoms with Crippen LogP contribution in [-0.2, 0) is 6.54 Å². The SMILES string of the molecule is Cc1[nH]c2c(Br)cccc2c1CNC(C)(C)C. The number of para-hydroxylation sites is 1. The van der Waals surface area contributed by atoms with Crippen molar-refractivity contribution in [3.8, 4) is 0 Å². The lowest BCUT2D eigenvalue weighted by atomic mass is 10.1. The number of hydrogen-bond acceptors (Lipinski definition) is 1. The predicted octanol–water partition coefficient (Wildman–Crippen LogP) is 4.13. The topological polar surface area (TPSA) is 27.8 Å². The largest absolute Gasteiger partial charge is 0.357 e. The standard InChI is InChI=1S/C14H19BrN2/c1-9-11(8-16-14(2,3)4)10-6-5-7-12(15)13(10)17-9/h5-7,16-17H,8H2,1-4H3. The first kappa shape index (κ1) is 12.7. The second-order valence-electron chi connectivity index (χ2n) is 5.49. The summed E-state index contributed by atoms with van der Waals surface area (Å²) >= 11 is 3.58. The number of aromatic nitrogens is 1. The quantitative estimate of drug-likeness (QED) is 0.856. The van der Waals surface area contributed by atoms with Crippen LogP contribution in [-0.4, -0.2) is 10.5 Å². The Bertz CT molecular complexity index is 535. The van der Waals surface area contributed by atoms with Gasteiger partial charge in [-0.05, 0) is 55.3 Å². The molecule has 0 aliphatic carbocycles. The van der Waals surface area contributed by atoms with Crippen LogP contribution >= 0.6 is 15.9 Å². The molecule has 0 aliphatic heterocycles. The molecule has 2 N–H and O–H groups in total. The van der Waals surface area contributed by atoms with Gasteiger partial charge in [0, 0.05) is 27.6 Å². The molecule has 2 nitrogen and oxygen atoms in total. The monoisotopic (exact) mass is 294 g/mol. The fraction of sp³-hybridized carbons (Fsp3) is 0.429. The van der Waals surface area contributed by atoms with Crippen LogP contribution in [0.5, 0.6) is 0 Å². The van der Waals surface area contributed by atoms with Gasteiger partial charge >= 0.3 is 0 Å². The van der Waals surface area contributed by atoms with Crippen LogP contribution in [0.3, 0.4) is 0 Å². The maximum atomic E-state index is 3.58. The molecule has 0 aliphatic rings. The Hall–Kier alpha value is -0.800. The number of rotatable bonds is 2. The zero-order chi connectivity index (χ0) is 12.6. The van der Waals surface area contributed by atoms with E-state index in [0.29, 0.717) is 0 Å². The van der Waals surface area contributed by atoms with E-state index in [2.05, 4.69) is 72.1 Å². The molecule has 0 atom stereocenters. The maximum Gasteiger partial charge on any atom is 0.0603 e. The number of aryl methyl sites for hydroxylation is 1. The van der Waals surface area contributed by atoms with Crippen molar-refractivity contribution in [3.05, 3.63) is 33.9 Å². The molecule has 1 aromatic heterocycles. The van der Waals surface area contributed by atoms with Gasteiger partial charge in [0.1, 0.15) is 0 Å². The molecule has 0 fully saturated rings. The van der Waals surface area contributed by atoms with Crippen molar-refractivity contribution in [3.63, 3.8) is 0 Å². The van der Waals surface area contributed by atoms with Crippen LogP contribution in [0.25, 0.3) is 10.9 Å². The highest BCUT2D eigenvalue weighted by molar-refractivity contribution is 9.10. The Morgan fingerprint density at radius 2 is 2.00 bits per heavy atom. The van der Waals surface area contributed by atoms with Gasteiger partial charge in [-0.1, -0.05) is 12.1 Å². The van der Waals surface area contributed by atoms with Crippen molar-refractivity contribution in [2.75, 3.05) is 0 Å². The number of hydrogen-bond donors (Lipinski definition) is 2. The average molecular weight is 295 g/mol. The third kappa shape index (κ3) is 2.72. The number of nitrogens with one attached hydrogen (secondary N) is 2. The van der Waals surface area contributed by atoms with Gasteiger partial charge in [-0.3, -0.25) is 0 Å². The molecule has 0 bridgehead atoms. The van der Waals surface area contributed by atoms with E-state index in [4.69, 9.17) is 0 Å². The highest BCUT2D eigenvalue weighted by atomic mass is 79.9. The Morgan fingerprint density at radius 3 is 2.65 bits per heavy atom. The summed E-state index contributed by atoms with van der Waals surface area (Å²) in [6.07, 6.45) is 0. The molecule has 3 heteroatoms. The van der Waals surface area contributed by atoms with Crippen molar-refractivity contribution >= 4 is 26.8 Å². The predicted molar refractivity (Wildman–Crippen MR) is 77.3 cm³/mol.